The first-order valence-corrected chi connectivity index (χ1v) is 9.49. The van der Waals surface area contributed by atoms with E-state index in [1.54, 1.807) is 0 Å². The number of allylic oxidation sites excluding steroid dienone is 1. The molecular weight excluding hydrogens is 268 g/mol. The largest absolute Gasteiger partial charge is 0.299 e. The zero-order valence-electron chi connectivity index (χ0n) is 15.9. The molecule has 1 rings (SSSR count). The molecular formula is C21H38O. The Bertz CT molecular complexity index is 383. The highest BCUT2D eigenvalue weighted by molar-refractivity contribution is 5.82. The first kappa shape index (κ1) is 19.5. The molecule has 0 aliphatic heterocycles. The summed E-state index contributed by atoms with van der Waals surface area (Å²) in [6, 6.07) is 0. The summed E-state index contributed by atoms with van der Waals surface area (Å²) in [5.41, 5.74) is 1.26. The number of carbonyl (C=O) groups is 1. The van der Waals surface area contributed by atoms with E-state index in [9.17, 15) is 4.79 Å². The van der Waals surface area contributed by atoms with Crippen LogP contribution in [0.4, 0.5) is 0 Å². The summed E-state index contributed by atoms with van der Waals surface area (Å²) in [6.45, 7) is 17.4. The molecule has 0 aromatic rings. The van der Waals surface area contributed by atoms with Crippen molar-refractivity contribution in [2.45, 2.75) is 86.5 Å². The van der Waals surface area contributed by atoms with Crippen molar-refractivity contribution in [2.75, 3.05) is 0 Å². The fourth-order valence-electron chi connectivity index (χ4n) is 5.16. The molecule has 1 nitrogen and oxygen atoms in total. The van der Waals surface area contributed by atoms with Gasteiger partial charge < -0.3 is 0 Å². The Morgan fingerprint density at radius 2 is 1.86 bits per heavy atom. The van der Waals surface area contributed by atoms with Crippen LogP contribution in [0.2, 0.25) is 0 Å². The zero-order valence-corrected chi connectivity index (χ0v) is 15.9. The summed E-state index contributed by atoms with van der Waals surface area (Å²) in [5.74, 6) is 2.99. The van der Waals surface area contributed by atoms with Gasteiger partial charge in [0.1, 0.15) is 5.78 Å². The van der Waals surface area contributed by atoms with Crippen molar-refractivity contribution >= 4 is 5.78 Å². The Labute approximate surface area is 139 Å². The van der Waals surface area contributed by atoms with Crippen molar-refractivity contribution in [2.24, 2.45) is 29.1 Å². The van der Waals surface area contributed by atoms with Crippen LogP contribution in [0.3, 0.4) is 0 Å². The smallest absolute Gasteiger partial charge is 0.135 e. The molecule has 0 bridgehead atoms. The maximum Gasteiger partial charge on any atom is 0.135 e. The third kappa shape index (κ3) is 3.84. The Morgan fingerprint density at radius 3 is 2.27 bits per heavy atom. The lowest BCUT2D eigenvalue weighted by atomic mass is 9.53. The van der Waals surface area contributed by atoms with Crippen LogP contribution >= 0.6 is 0 Å². The highest BCUT2D eigenvalue weighted by Gasteiger charge is 2.48. The Kier molecular flexibility index (Phi) is 7.35. The highest BCUT2D eigenvalue weighted by atomic mass is 16.1. The van der Waals surface area contributed by atoms with E-state index in [0.717, 1.165) is 18.8 Å². The average Bonchev–Trinajstić information content (AvgIpc) is 2.47. The predicted molar refractivity (Wildman–Crippen MR) is 96.9 cm³/mol. The average molecular weight is 307 g/mol. The fraction of sp³-hybridized carbons (Fsp3) is 0.857. The summed E-state index contributed by atoms with van der Waals surface area (Å²) in [6.07, 6.45) is 8.43. The summed E-state index contributed by atoms with van der Waals surface area (Å²) in [7, 11) is 0. The molecule has 1 heteroatoms. The van der Waals surface area contributed by atoms with Crippen molar-refractivity contribution in [1.82, 2.24) is 0 Å². The second kappa shape index (κ2) is 8.31. The van der Waals surface area contributed by atoms with Gasteiger partial charge in [-0.05, 0) is 56.8 Å². The third-order valence-corrected chi connectivity index (χ3v) is 6.62. The minimum absolute atomic E-state index is 0.101. The molecule has 128 valence electrons. The molecule has 0 saturated heterocycles. The highest BCUT2D eigenvalue weighted by Crippen LogP contribution is 2.53. The normalized spacial score (nSPS) is 33.5. The second-order valence-corrected chi connectivity index (χ2v) is 7.86. The van der Waals surface area contributed by atoms with Gasteiger partial charge in [-0.3, -0.25) is 4.79 Å². The van der Waals surface area contributed by atoms with Crippen LogP contribution < -0.4 is 0 Å². The molecule has 0 amide bonds. The van der Waals surface area contributed by atoms with Gasteiger partial charge >= 0.3 is 0 Å². The van der Waals surface area contributed by atoms with E-state index in [0.29, 0.717) is 23.5 Å². The molecule has 1 fully saturated rings. The molecule has 1 aliphatic rings. The van der Waals surface area contributed by atoms with Crippen molar-refractivity contribution in [1.29, 1.82) is 0 Å². The van der Waals surface area contributed by atoms with Gasteiger partial charge in [0.25, 0.3) is 0 Å². The Hall–Kier alpha value is -0.590. The molecule has 0 aromatic carbocycles. The number of Topliss-reactive ketones (excluding diaryl/α,β-unsaturated/α-hetero) is 1. The molecule has 1 aliphatic carbocycles. The quantitative estimate of drug-likeness (QED) is 0.472. The Balaban J connectivity index is 3.07. The van der Waals surface area contributed by atoms with E-state index in [-0.39, 0.29) is 5.41 Å². The van der Waals surface area contributed by atoms with Crippen LogP contribution in [0, 0.1) is 29.1 Å². The molecule has 0 heterocycles. The first-order valence-electron chi connectivity index (χ1n) is 9.49. The van der Waals surface area contributed by atoms with Crippen LogP contribution in [0.15, 0.2) is 12.2 Å². The van der Waals surface area contributed by atoms with Crippen molar-refractivity contribution in [3.8, 4) is 0 Å². The molecule has 0 radical (unpaired) electrons. The van der Waals surface area contributed by atoms with Crippen LogP contribution in [0.1, 0.15) is 86.5 Å². The summed E-state index contributed by atoms with van der Waals surface area (Å²) in [5, 5.41) is 0. The zero-order chi connectivity index (χ0) is 16.9. The van der Waals surface area contributed by atoms with Gasteiger partial charge in [-0.25, -0.2) is 0 Å². The molecule has 22 heavy (non-hydrogen) atoms. The molecule has 5 atom stereocenters. The van der Waals surface area contributed by atoms with Gasteiger partial charge in [-0.15, -0.1) is 0 Å². The van der Waals surface area contributed by atoms with E-state index in [1.807, 2.05) is 6.92 Å². The van der Waals surface area contributed by atoms with Gasteiger partial charge in [0.05, 0.1) is 0 Å². The second-order valence-electron chi connectivity index (χ2n) is 7.86. The lowest BCUT2D eigenvalue weighted by Gasteiger charge is -2.50. The molecule has 1 saturated carbocycles. The summed E-state index contributed by atoms with van der Waals surface area (Å²) >= 11 is 0. The number of carbonyl (C=O) groups excluding carboxylic acids is 1. The van der Waals surface area contributed by atoms with Crippen LogP contribution in [-0.2, 0) is 4.79 Å². The minimum Gasteiger partial charge on any atom is -0.299 e. The number of rotatable bonds is 8. The van der Waals surface area contributed by atoms with Crippen molar-refractivity contribution < 1.29 is 4.79 Å². The molecule has 0 N–H and O–H groups in total. The number of unbranched alkanes of at least 4 members (excludes halogenated alkanes) is 1. The van der Waals surface area contributed by atoms with Crippen LogP contribution in [0.25, 0.3) is 0 Å². The third-order valence-electron chi connectivity index (χ3n) is 6.62. The lowest BCUT2D eigenvalue weighted by molar-refractivity contribution is -0.135. The molecule has 5 unspecified atom stereocenters. The number of ketones is 1. The monoisotopic (exact) mass is 306 g/mol. The molecule has 0 spiro atoms. The Morgan fingerprint density at radius 1 is 1.23 bits per heavy atom. The predicted octanol–water partition coefficient (Wildman–Crippen LogP) is 6.43. The summed E-state index contributed by atoms with van der Waals surface area (Å²) < 4.78 is 0. The maximum absolute atomic E-state index is 12.3. The van der Waals surface area contributed by atoms with Crippen LogP contribution in [-0.4, -0.2) is 5.78 Å². The maximum atomic E-state index is 12.3. The van der Waals surface area contributed by atoms with Crippen molar-refractivity contribution in [3.05, 3.63) is 12.2 Å². The number of hydrogen-bond donors (Lipinski definition) is 0. The SMILES string of the molecule is C=C(C)C(CCCC)C1CCC(C)(C(C)=O)C(CC)C1CC. The standard InChI is InChI=1S/C21H38O/c1-8-11-12-18(15(4)5)19-13-14-21(7,16(6)22)20(10-3)17(19)9-2/h17-20H,4,8-14H2,1-3,5-7H3. The van der Waals surface area contributed by atoms with E-state index < -0.39 is 0 Å². The first-order chi connectivity index (χ1) is 10.3. The van der Waals surface area contributed by atoms with E-state index in [2.05, 4.69) is 41.2 Å². The van der Waals surface area contributed by atoms with E-state index in [1.165, 1.54) is 37.7 Å². The van der Waals surface area contributed by atoms with Crippen molar-refractivity contribution in [3.63, 3.8) is 0 Å². The minimum atomic E-state index is -0.101. The van der Waals surface area contributed by atoms with E-state index >= 15 is 0 Å². The van der Waals surface area contributed by atoms with Crippen LogP contribution in [0.5, 0.6) is 0 Å². The van der Waals surface area contributed by atoms with Gasteiger partial charge in [0.15, 0.2) is 0 Å². The summed E-state index contributed by atoms with van der Waals surface area (Å²) in [4.78, 5) is 12.3. The lowest BCUT2D eigenvalue weighted by Crippen LogP contribution is -2.47. The van der Waals surface area contributed by atoms with Gasteiger partial charge in [0, 0.05) is 5.41 Å². The van der Waals surface area contributed by atoms with Gasteiger partial charge in [0.2, 0.25) is 0 Å². The topological polar surface area (TPSA) is 17.1 Å². The number of hydrogen-bond acceptors (Lipinski definition) is 1. The molecule has 0 aromatic heterocycles. The van der Waals surface area contributed by atoms with Gasteiger partial charge in [-0.2, -0.15) is 0 Å². The fourth-order valence-corrected chi connectivity index (χ4v) is 5.16. The van der Waals surface area contributed by atoms with Gasteiger partial charge in [-0.1, -0.05) is 65.5 Å². The van der Waals surface area contributed by atoms with E-state index in [4.69, 9.17) is 0 Å².